The molecular weight excluding hydrogens is 226 g/mol. The first kappa shape index (κ1) is 13.1. The second kappa shape index (κ2) is 6.57. The zero-order chi connectivity index (χ0) is 12.8. The summed E-state index contributed by atoms with van der Waals surface area (Å²) < 4.78 is 10.7. The molecule has 1 saturated heterocycles. The van der Waals surface area contributed by atoms with Gasteiger partial charge in [-0.05, 0) is 24.1 Å². The highest BCUT2D eigenvalue weighted by Gasteiger charge is 2.21. The molecule has 1 heterocycles. The Morgan fingerprint density at radius 2 is 2.22 bits per heavy atom. The fraction of sp³-hybridized carbons (Fsp3) is 0.467. The van der Waals surface area contributed by atoms with Crippen molar-refractivity contribution in [3.63, 3.8) is 0 Å². The van der Waals surface area contributed by atoms with E-state index in [-0.39, 0.29) is 0 Å². The van der Waals surface area contributed by atoms with Crippen LogP contribution >= 0.6 is 0 Å². The minimum absolute atomic E-state index is 0.457. The highest BCUT2D eigenvalue weighted by Crippen LogP contribution is 2.17. The molecule has 0 N–H and O–H groups in total. The summed E-state index contributed by atoms with van der Waals surface area (Å²) in [6.45, 7) is 7.41. The molecule has 0 radical (unpaired) electrons. The van der Waals surface area contributed by atoms with Gasteiger partial charge in [0.1, 0.15) is 5.75 Å². The molecule has 1 atom stereocenters. The molecule has 1 aliphatic rings. The van der Waals surface area contributed by atoms with Crippen LogP contribution in [-0.2, 0) is 11.3 Å². The van der Waals surface area contributed by atoms with Crippen LogP contribution in [0.2, 0.25) is 0 Å². The minimum atomic E-state index is 0.457. The number of ether oxygens (including phenoxy) is 2. The van der Waals surface area contributed by atoms with Gasteiger partial charge in [-0.2, -0.15) is 0 Å². The highest BCUT2D eigenvalue weighted by molar-refractivity contribution is 5.27. The van der Waals surface area contributed by atoms with Gasteiger partial charge in [-0.1, -0.05) is 18.2 Å². The minimum Gasteiger partial charge on any atom is -0.497 e. The molecule has 98 valence electrons. The van der Waals surface area contributed by atoms with Crippen molar-refractivity contribution in [3.8, 4) is 5.75 Å². The first-order valence-electron chi connectivity index (χ1n) is 6.39. The summed E-state index contributed by atoms with van der Waals surface area (Å²) in [5.74, 6) is 0.906. The molecule has 3 nitrogen and oxygen atoms in total. The van der Waals surface area contributed by atoms with Gasteiger partial charge in [0.25, 0.3) is 0 Å². The molecule has 0 aliphatic carbocycles. The maximum absolute atomic E-state index is 5.53. The molecular formula is C15H21NO2. The van der Waals surface area contributed by atoms with Gasteiger partial charge in [-0.3, -0.25) is 4.90 Å². The zero-order valence-electron chi connectivity index (χ0n) is 11.0. The summed E-state index contributed by atoms with van der Waals surface area (Å²) in [4.78, 5) is 2.47. The molecule has 2 rings (SSSR count). The average molecular weight is 247 g/mol. The van der Waals surface area contributed by atoms with Crippen LogP contribution in [-0.4, -0.2) is 37.8 Å². The van der Waals surface area contributed by atoms with Crippen molar-refractivity contribution in [2.45, 2.75) is 19.0 Å². The Morgan fingerprint density at radius 3 is 2.89 bits per heavy atom. The summed E-state index contributed by atoms with van der Waals surface area (Å²) in [7, 11) is 1.69. The number of nitrogens with zero attached hydrogens (tertiary/aromatic N) is 1. The van der Waals surface area contributed by atoms with Crippen molar-refractivity contribution < 1.29 is 9.47 Å². The number of hydrogen-bond donors (Lipinski definition) is 0. The molecule has 18 heavy (non-hydrogen) atoms. The predicted molar refractivity (Wildman–Crippen MR) is 72.8 cm³/mol. The van der Waals surface area contributed by atoms with Gasteiger partial charge in [-0.25, -0.2) is 0 Å². The third kappa shape index (κ3) is 3.34. The van der Waals surface area contributed by atoms with Gasteiger partial charge in [-0.15, -0.1) is 6.58 Å². The summed E-state index contributed by atoms with van der Waals surface area (Å²) in [5, 5.41) is 0. The summed E-state index contributed by atoms with van der Waals surface area (Å²) in [5.41, 5.74) is 1.31. The molecule has 3 heteroatoms. The predicted octanol–water partition coefficient (Wildman–Crippen LogP) is 2.47. The van der Waals surface area contributed by atoms with E-state index >= 15 is 0 Å². The Balaban J connectivity index is 1.98. The number of methoxy groups -OCH3 is 1. The third-order valence-electron chi connectivity index (χ3n) is 3.33. The van der Waals surface area contributed by atoms with Crippen LogP contribution in [0.3, 0.4) is 0 Å². The lowest BCUT2D eigenvalue weighted by Gasteiger charge is -2.35. The molecule has 0 spiro atoms. The van der Waals surface area contributed by atoms with Crippen LogP contribution in [0.4, 0.5) is 0 Å². The summed E-state index contributed by atoms with van der Waals surface area (Å²) in [6, 6.07) is 8.73. The molecule has 1 aromatic rings. The Kier molecular flexibility index (Phi) is 4.79. The smallest absolute Gasteiger partial charge is 0.118 e. The molecule has 1 unspecified atom stereocenters. The van der Waals surface area contributed by atoms with Crippen molar-refractivity contribution in [2.24, 2.45) is 0 Å². The molecule has 0 aromatic heterocycles. The standard InChI is InChI=1S/C15H21NO2/c1-3-4-14-12-18-10-9-16(14)11-13-5-7-15(17-2)8-6-13/h3,5-8,14H,1,4,9-12H2,2H3. The fourth-order valence-corrected chi connectivity index (χ4v) is 2.27. The van der Waals surface area contributed by atoms with Crippen molar-refractivity contribution >= 4 is 0 Å². The summed E-state index contributed by atoms with van der Waals surface area (Å²) in [6.07, 6.45) is 2.95. The van der Waals surface area contributed by atoms with Gasteiger partial charge in [0.15, 0.2) is 0 Å². The van der Waals surface area contributed by atoms with Gasteiger partial charge >= 0.3 is 0 Å². The Bertz CT molecular complexity index is 375. The first-order valence-corrected chi connectivity index (χ1v) is 6.39. The van der Waals surface area contributed by atoms with Crippen molar-refractivity contribution in [2.75, 3.05) is 26.9 Å². The van der Waals surface area contributed by atoms with Crippen molar-refractivity contribution in [1.29, 1.82) is 0 Å². The van der Waals surface area contributed by atoms with Crippen LogP contribution in [0.5, 0.6) is 5.75 Å². The quantitative estimate of drug-likeness (QED) is 0.746. The largest absolute Gasteiger partial charge is 0.497 e. The number of benzene rings is 1. The zero-order valence-corrected chi connectivity index (χ0v) is 11.0. The van der Waals surface area contributed by atoms with Crippen LogP contribution in [0, 0.1) is 0 Å². The van der Waals surface area contributed by atoms with Gasteiger partial charge in [0, 0.05) is 19.1 Å². The Hall–Kier alpha value is -1.32. The van der Waals surface area contributed by atoms with E-state index in [1.807, 2.05) is 18.2 Å². The fourth-order valence-electron chi connectivity index (χ4n) is 2.27. The second-order valence-corrected chi connectivity index (χ2v) is 4.57. The molecule has 0 bridgehead atoms. The van der Waals surface area contributed by atoms with E-state index in [0.29, 0.717) is 6.04 Å². The van der Waals surface area contributed by atoms with E-state index in [1.165, 1.54) is 5.56 Å². The number of morpholine rings is 1. The molecule has 0 amide bonds. The van der Waals surface area contributed by atoms with Gasteiger partial charge in [0.2, 0.25) is 0 Å². The number of hydrogen-bond acceptors (Lipinski definition) is 3. The molecule has 1 aromatic carbocycles. The topological polar surface area (TPSA) is 21.7 Å². The van der Waals surface area contributed by atoms with E-state index < -0.39 is 0 Å². The Morgan fingerprint density at radius 1 is 1.44 bits per heavy atom. The van der Waals surface area contributed by atoms with E-state index in [2.05, 4.69) is 23.6 Å². The van der Waals surface area contributed by atoms with Crippen molar-refractivity contribution in [3.05, 3.63) is 42.5 Å². The maximum Gasteiger partial charge on any atom is 0.118 e. The van der Waals surface area contributed by atoms with Gasteiger partial charge < -0.3 is 9.47 Å². The maximum atomic E-state index is 5.53. The van der Waals surface area contributed by atoms with E-state index in [9.17, 15) is 0 Å². The SMILES string of the molecule is C=CCC1COCCN1Cc1ccc(OC)cc1. The van der Waals surface area contributed by atoms with Crippen molar-refractivity contribution in [1.82, 2.24) is 4.90 Å². The van der Waals surface area contributed by atoms with Crippen LogP contribution in [0.15, 0.2) is 36.9 Å². The lowest BCUT2D eigenvalue weighted by molar-refractivity contribution is -0.0102. The van der Waals surface area contributed by atoms with E-state index in [0.717, 1.165) is 38.5 Å². The van der Waals surface area contributed by atoms with Crippen LogP contribution in [0.25, 0.3) is 0 Å². The second-order valence-electron chi connectivity index (χ2n) is 4.57. The first-order chi connectivity index (χ1) is 8.83. The molecule has 1 aliphatic heterocycles. The lowest BCUT2D eigenvalue weighted by atomic mass is 10.1. The number of rotatable bonds is 5. The highest BCUT2D eigenvalue weighted by atomic mass is 16.5. The summed E-state index contributed by atoms with van der Waals surface area (Å²) >= 11 is 0. The lowest BCUT2D eigenvalue weighted by Crippen LogP contribution is -2.44. The van der Waals surface area contributed by atoms with Crippen LogP contribution < -0.4 is 4.74 Å². The van der Waals surface area contributed by atoms with E-state index in [1.54, 1.807) is 7.11 Å². The molecule has 1 fully saturated rings. The molecule has 0 saturated carbocycles. The van der Waals surface area contributed by atoms with Crippen LogP contribution in [0.1, 0.15) is 12.0 Å². The Labute approximate surface area is 109 Å². The third-order valence-corrected chi connectivity index (χ3v) is 3.33. The average Bonchev–Trinajstić information content (AvgIpc) is 2.42. The monoisotopic (exact) mass is 247 g/mol. The normalized spacial score (nSPS) is 20.6. The van der Waals surface area contributed by atoms with Gasteiger partial charge in [0.05, 0.1) is 20.3 Å². The van der Waals surface area contributed by atoms with E-state index in [4.69, 9.17) is 9.47 Å².